The first-order chi connectivity index (χ1) is 12.1. The molecule has 0 N–H and O–H groups in total. The Bertz CT molecular complexity index is 434. The molecule has 0 atom stereocenters. The van der Waals surface area contributed by atoms with Crippen LogP contribution in [0.5, 0.6) is 5.75 Å². The summed E-state index contributed by atoms with van der Waals surface area (Å²) in [6.07, 6.45) is 0. The molecule has 0 saturated carbocycles. The van der Waals surface area contributed by atoms with Gasteiger partial charge in [-0.1, -0.05) is 116 Å². The van der Waals surface area contributed by atoms with Crippen LogP contribution in [0.15, 0.2) is 66.7 Å². The largest absolute Gasteiger partial charge is 0.488 e. The lowest BCUT2D eigenvalue weighted by atomic mass is 10.2. The predicted molar refractivity (Wildman–Crippen MR) is 132 cm³/mol. The van der Waals surface area contributed by atoms with E-state index in [1.54, 1.807) is 0 Å². The van der Waals surface area contributed by atoms with Gasteiger partial charge in [0.25, 0.3) is 0 Å². The van der Waals surface area contributed by atoms with Gasteiger partial charge in [-0.3, -0.25) is 0 Å². The van der Waals surface area contributed by atoms with Crippen molar-refractivity contribution in [3.05, 3.63) is 66.7 Å². The van der Waals surface area contributed by atoms with Crippen LogP contribution in [0.25, 0.3) is 0 Å². The lowest BCUT2D eigenvalue weighted by Crippen LogP contribution is -2.22. The molecule has 0 bridgehead atoms. The Kier molecular flexibility index (Phi) is 25.4. The highest BCUT2D eigenvalue weighted by molar-refractivity contribution is 6.74. The van der Waals surface area contributed by atoms with E-state index in [2.05, 4.69) is 26.2 Å². The molecule has 0 amide bonds. The Labute approximate surface area is 173 Å². The summed E-state index contributed by atoms with van der Waals surface area (Å²) in [4.78, 5) is 0. The van der Waals surface area contributed by atoms with E-state index in [0.29, 0.717) is 0 Å². The maximum Gasteiger partial charge on any atom is 0.120 e. The number of hydrogen-bond acceptors (Lipinski definition) is 1. The molecule has 0 unspecified atom stereocenters. The lowest BCUT2D eigenvalue weighted by Gasteiger charge is -2.20. The minimum atomic E-state index is -0.611. The fourth-order valence-corrected chi connectivity index (χ4v) is 1.23. The Hall–Kier alpha value is -1.54. The van der Waals surface area contributed by atoms with Crippen molar-refractivity contribution in [2.75, 3.05) is 0 Å². The molecule has 27 heavy (non-hydrogen) atoms. The van der Waals surface area contributed by atoms with Crippen LogP contribution in [0.4, 0.5) is 0 Å². The van der Waals surface area contributed by atoms with Crippen molar-refractivity contribution < 1.29 is 4.74 Å². The number of para-hydroxylation sites is 1. The van der Waals surface area contributed by atoms with Crippen molar-refractivity contribution in [3.8, 4) is 5.75 Å². The second-order valence-corrected chi connectivity index (χ2v) is 13.7. The summed E-state index contributed by atoms with van der Waals surface area (Å²) in [7, 11) is -0.611. The van der Waals surface area contributed by atoms with Crippen LogP contribution in [-0.4, -0.2) is 13.7 Å². The summed E-state index contributed by atoms with van der Waals surface area (Å²) in [5.74, 6) is 0.931. The van der Waals surface area contributed by atoms with E-state index in [9.17, 15) is 0 Å². The normalized spacial score (nSPS) is 9.00. The molecule has 2 aromatic rings. The quantitative estimate of drug-likeness (QED) is 0.439. The number of rotatable bonds is 1. The second-order valence-electron chi connectivity index (χ2n) is 7.68. The van der Waals surface area contributed by atoms with Gasteiger partial charge in [-0.2, -0.15) is 0 Å². The van der Waals surface area contributed by atoms with Gasteiger partial charge in [0, 0.05) is 8.07 Å². The fraction of sp³-hybridized carbons (Fsp3) is 0.520. The molecule has 0 aromatic heterocycles. The van der Waals surface area contributed by atoms with Gasteiger partial charge in [0.15, 0.2) is 0 Å². The van der Waals surface area contributed by atoms with Crippen LogP contribution in [0, 0.1) is 0 Å². The van der Waals surface area contributed by atoms with Gasteiger partial charge >= 0.3 is 0 Å². The Morgan fingerprint density at radius 2 is 0.815 bits per heavy atom. The summed E-state index contributed by atoms with van der Waals surface area (Å²) in [6.45, 7) is 23.4. The van der Waals surface area contributed by atoms with Crippen molar-refractivity contribution in [1.29, 1.82) is 0 Å². The minimum absolute atomic E-state index is 0. The molecule has 0 heterocycles. The topological polar surface area (TPSA) is 9.23 Å². The first-order valence-corrected chi connectivity index (χ1v) is 13.8. The fourth-order valence-electron chi connectivity index (χ4n) is 1.23. The smallest absolute Gasteiger partial charge is 0.120 e. The lowest BCUT2D eigenvalue weighted by molar-refractivity contribution is 0.131. The van der Waals surface area contributed by atoms with Crippen molar-refractivity contribution >= 4 is 8.07 Å². The molecule has 2 heteroatoms. The highest BCUT2D eigenvalue weighted by Gasteiger charge is 2.10. The zero-order chi connectivity index (χ0) is 21.1. The standard InChI is InChI=1S/C10H14O.C6H6.C4H12Si.2C2H6.CH4/c1-10(2,3)11-9-7-5-4-6-8-9;1-2-4-6-5-3-1;1-5(2,3)4;2*1-2;/h4-8H,1-3H3;1-6H;1-4H3;2*1-2H3;1H4. The van der Waals surface area contributed by atoms with Crippen LogP contribution in [0.3, 0.4) is 0 Å². The van der Waals surface area contributed by atoms with Crippen LogP contribution >= 0.6 is 0 Å². The van der Waals surface area contributed by atoms with Crippen LogP contribution < -0.4 is 4.74 Å². The van der Waals surface area contributed by atoms with E-state index < -0.39 is 8.07 Å². The third kappa shape index (κ3) is 40.5. The van der Waals surface area contributed by atoms with Crippen molar-refractivity contribution in [2.24, 2.45) is 0 Å². The van der Waals surface area contributed by atoms with Crippen molar-refractivity contribution in [3.63, 3.8) is 0 Å². The zero-order valence-corrected chi connectivity index (χ0v) is 20.3. The van der Waals surface area contributed by atoms with Gasteiger partial charge < -0.3 is 4.74 Å². The Balaban J connectivity index is -0.000000142. The van der Waals surface area contributed by atoms with Gasteiger partial charge in [0.2, 0.25) is 0 Å². The number of hydrogen-bond donors (Lipinski definition) is 0. The molecule has 0 aliphatic carbocycles. The molecule has 0 saturated heterocycles. The molecule has 0 radical (unpaired) electrons. The monoisotopic (exact) mass is 392 g/mol. The number of ether oxygens (including phenoxy) is 1. The van der Waals surface area contributed by atoms with E-state index in [4.69, 9.17) is 4.74 Å². The van der Waals surface area contributed by atoms with Crippen LogP contribution in [0.2, 0.25) is 26.2 Å². The van der Waals surface area contributed by atoms with Gasteiger partial charge in [0.05, 0.1) is 0 Å². The average molecular weight is 393 g/mol. The molecular formula is C25H48OSi. The SMILES string of the molecule is C.CC.CC.CC(C)(C)Oc1ccccc1.C[Si](C)(C)C.c1ccccc1. The van der Waals surface area contributed by atoms with Crippen LogP contribution in [0.1, 0.15) is 55.9 Å². The molecule has 2 aromatic carbocycles. The molecule has 0 fully saturated rings. The molecule has 1 nitrogen and oxygen atoms in total. The maximum absolute atomic E-state index is 5.60. The van der Waals surface area contributed by atoms with Gasteiger partial charge in [0.1, 0.15) is 11.4 Å². The zero-order valence-electron chi connectivity index (χ0n) is 19.3. The molecule has 2 rings (SSSR count). The summed E-state index contributed by atoms with van der Waals surface area (Å²) in [6, 6.07) is 21.9. The summed E-state index contributed by atoms with van der Waals surface area (Å²) in [5, 5.41) is 0. The third-order valence-electron chi connectivity index (χ3n) is 1.83. The minimum Gasteiger partial charge on any atom is -0.488 e. The predicted octanol–water partition coefficient (Wildman–Crippen LogP) is 9.19. The van der Waals surface area contributed by atoms with E-state index in [1.807, 2.05) is 115 Å². The highest BCUT2D eigenvalue weighted by Crippen LogP contribution is 2.16. The van der Waals surface area contributed by atoms with Gasteiger partial charge in [-0.15, -0.1) is 0 Å². The summed E-state index contributed by atoms with van der Waals surface area (Å²) >= 11 is 0. The van der Waals surface area contributed by atoms with Gasteiger partial charge in [-0.25, -0.2) is 0 Å². The molecule has 0 aliphatic heterocycles. The van der Waals surface area contributed by atoms with Crippen LogP contribution in [-0.2, 0) is 0 Å². The van der Waals surface area contributed by atoms with Crippen molar-refractivity contribution in [2.45, 2.75) is 87.7 Å². The third-order valence-corrected chi connectivity index (χ3v) is 1.83. The van der Waals surface area contributed by atoms with E-state index in [1.165, 1.54) is 0 Å². The Morgan fingerprint density at radius 3 is 1.04 bits per heavy atom. The molecule has 0 aliphatic rings. The van der Waals surface area contributed by atoms with E-state index >= 15 is 0 Å². The molecule has 0 spiro atoms. The van der Waals surface area contributed by atoms with E-state index in [0.717, 1.165) is 5.75 Å². The molecule has 158 valence electrons. The highest BCUT2D eigenvalue weighted by atomic mass is 28.3. The Morgan fingerprint density at radius 1 is 0.593 bits per heavy atom. The first kappa shape index (κ1) is 33.1. The number of benzene rings is 2. The van der Waals surface area contributed by atoms with Crippen molar-refractivity contribution in [1.82, 2.24) is 0 Å². The summed E-state index contributed by atoms with van der Waals surface area (Å²) in [5.41, 5.74) is -0.0959. The first-order valence-electron chi connectivity index (χ1n) is 9.82. The second kappa shape index (κ2) is 20.8. The molecular weight excluding hydrogens is 344 g/mol. The maximum atomic E-state index is 5.60. The average Bonchev–Trinajstić information content (AvgIpc) is 2.59. The van der Waals surface area contributed by atoms with Gasteiger partial charge in [-0.05, 0) is 32.9 Å². The van der Waals surface area contributed by atoms with E-state index in [-0.39, 0.29) is 13.0 Å². The summed E-state index contributed by atoms with van der Waals surface area (Å²) < 4.78 is 5.60.